The second-order valence-electron chi connectivity index (χ2n) is 4.83. The molecule has 2 aliphatic rings. The van der Waals surface area contributed by atoms with E-state index >= 15 is 0 Å². The summed E-state index contributed by atoms with van der Waals surface area (Å²) < 4.78 is 5.39. The van der Waals surface area contributed by atoms with Crippen LogP contribution in [0.3, 0.4) is 0 Å². The molecule has 0 bridgehead atoms. The molecule has 1 unspecified atom stereocenters. The Kier molecular flexibility index (Phi) is 3.14. The fraction of sp³-hybridized carbons (Fsp3) is 0.462. The van der Waals surface area contributed by atoms with Gasteiger partial charge in [0.15, 0.2) is 6.61 Å². The molecule has 4 nitrogen and oxygen atoms in total. The Morgan fingerprint density at radius 1 is 1.44 bits per heavy atom. The number of piperidine rings is 1. The normalized spacial score (nSPS) is 28.6. The molecule has 1 saturated heterocycles. The minimum Gasteiger partial charge on any atom is -0.484 e. The van der Waals surface area contributed by atoms with E-state index in [1.165, 1.54) is 0 Å². The smallest absolute Gasteiger partial charge is 0.258 e. The zero-order valence-corrected chi connectivity index (χ0v) is 10.6. The van der Waals surface area contributed by atoms with Gasteiger partial charge in [-0.25, -0.2) is 0 Å². The van der Waals surface area contributed by atoms with E-state index in [1.807, 2.05) is 0 Å². The molecule has 0 spiro atoms. The van der Waals surface area contributed by atoms with Gasteiger partial charge in [-0.15, -0.1) is 0 Å². The first-order valence-corrected chi connectivity index (χ1v) is 6.50. The van der Waals surface area contributed by atoms with E-state index in [0.717, 1.165) is 13.1 Å². The van der Waals surface area contributed by atoms with Crippen LogP contribution >= 0.6 is 11.6 Å². The molecule has 0 aromatic heterocycles. The Hall–Kier alpha value is -1.26. The number of nitrogens with one attached hydrogen (secondary N) is 2. The van der Waals surface area contributed by atoms with E-state index in [-0.39, 0.29) is 12.5 Å². The zero-order valence-electron chi connectivity index (χ0n) is 9.86. The Morgan fingerprint density at radius 2 is 2.22 bits per heavy atom. The molecule has 1 aromatic rings. The van der Waals surface area contributed by atoms with Crippen molar-refractivity contribution in [2.45, 2.75) is 6.04 Å². The summed E-state index contributed by atoms with van der Waals surface area (Å²) in [5.74, 6) is 1.81. The molecule has 3 rings (SSSR count). The van der Waals surface area contributed by atoms with Crippen LogP contribution < -0.4 is 15.4 Å². The van der Waals surface area contributed by atoms with E-state index in [0.29, 0.717) is 28.6 Å². The van der Waals surface area contributed by atoms with Crippen molar-refractivity contribution >= 4 is 17.5 Å². The standard InChI is InChI=1S/C13H15ClN2O2/c14-8-2-1-3-9(4-8)18-7-12(17)16-13-10-5-15-6-11(10)13/h1-4,10-11,13,15H,5-7H2,(H,16,17)/t10-,11+,13?. The van der Waals surface area contributed by atoms with Crippen LogP contribution in [-0.2, 0) is 4.79 Å². The minimum atomic E-state index is -0.0608. The quantitative estimate of drug-likeness (QED) is 0.857. The number of ether oxygens (including phenoxy) is 1. The van der Waals surface area contributed by atoms with Crippen LogP contribution in [0.1, 0.15) is 0 Å². The second-order valence-corrected chi connectivity index (χ2v) is 5.26. The summed E-state index contributed by atoms with van der Waals surface area (Å²) >= 11 is 5.83. The zero-order chi connectivity index (χ0) is 12.5. The molecule has 1 heterocycles. The molecule has 1 saturated carbocycles. The molecule has 1 aromatic carbocycles. The van der Waals surface area contributed by atoms with E-state index in [1.54, 1.807) is 24.3 Å². The maximum Gasteiger partial charge on any atom is 0.258 e. The molecule has 18 heavy (non-hydrogen) atoms. The average molecular weight is 267 g/mol. The van der Waals surface area contributed by atoms with Crippen LogP contribution in [0.25, 0.3) is 0 Å². The van der Waals surface area contributed by atoms with Crippen LogP contribution in [0.15, 0.2) is 24.3 Å². The van der Waals surface area contributed by atoms with Gasteiger partial charge in [0, 0.05) is 24.2 Å². The molecular weight excluding hydrogens is 252 g/mol. The van der Waals surface area contributed by atoms with Gasteiger partial charge in [-0.3, -0.25) is 4.79 Å². The number of rotatable bonds is 4. The summed E-state index contributed by atoms with van der Waals surface area (Å²) in [7, 11) is 0. The van der Waals surface area contributed by atoms with Crippen LogP contribution in [0.4, 0.5) is 0 Å². The lowest BCUT2D eigenvalue weighted by Crippen LogP contribution is -2.35. The van der Waals surface area contributed by atoms with Gasteiger partial charge in [0.2, 0.25) is 0 Å². The van der Waals surface area contributed by atoms with E-state index in [2.05, 4.69) is 10.6 Å². The number of benzene rings is 1. The van der Waals surface area contributed by atoms with Crippen LogP contribution in [0.2, 0.25) is 5.02 Å². The summed E-state index contributed by atoms with van der Waals surface area (Å²) in [6.07, 6.45) is 0. The molecule has 5 heteroatoms. The summed E-state index contributed by atoms with van der Waals surface area (Å²) in [6, 6.07) is 7.40. The predicted octanol–water partition coefficient (Wildman–Crippen LogP) is 1.05. The van der Waals surface area contributed by atoms with Gasteiger partial charge in [-0.05, 0) is 30.0 Å². The van der Waals surface area contributed by atoms with Gasteiger partial charge < -0.3 is 15.4 Å². The molecule has 96 valence electrons. The lowest BCUT2D eigenvalue weighted by atomic mass is 10.3. The topological polar surface area (TPSA) is 50.4 Å². The Morgan fingerprint density at radius 3 is 2.94 bits per heavy atom. The highest BCUT2D eigenvalue weighted by molar-refractivity contribution is 6.30. The van der Waals surface area contributed by atoms with E-state index in [4.69, 9.17) is 16.3 Å². The number of hydrogen-bond acceptors (Lipinski definition) is 3. The van der Waals surface area contributed by atoms with Gasteiger partial charge in [0.05, 0.1) is 0 Å². The fourth-order valence-electron chi connectivity index (χ4n) is 2.57. The highest BCUT2D eigenvalue weighted by Crippen LogP contribution is 2.41. The second kappa shape index (κ2) is 4.78. The van der Waals surface area contributed by atoms with Crippen LogP contribution in [0, 0.1) is 11.8 Å². The van der Waals surface area contributed by atoms with Crippen molar-refractivity contribution in [1.29, 1.82) is 0 Å². The Bertz CT molecular complexity index is 456. The molecule has 1 aliphatic heterocycles. The van der Waals surface area contributed by atoms with Crippen molar-refractivity contribution in [3.8, 4) is 5.75 Å². The van der Waals surface area contributed by atoms with Crippen molar-refractivity contribution in [1.82, 2.24) is 10.6 Å². The number of amides is 1. The van der Waals surface area contributed by atoms with Crippen molar-refractivity contribution in [2.24, 2.45) is 11.8 Å². The number of fused-ring (bicyclic) bond motifs is 1. The Balaban J connectivity index is 1.44. The summed E-state index contributed by atoms with van der Waals surface area (Å²) in [6.45, 7) is 2.08. The van der Waals surface area contributed by atoms with Crippen molar-refractivity contribution in [2.75, 3.05) is 19.7 Å². The monoisotopic (exact) mass is 266 g/mol. The molecule has 2 fully saturated rings. The van der Waals surface area contributed by atoms with Gasteiger partial charge in [-0.2, -0.15) is 0 Å². The highest BCUT2D eigenvalue weighted by atomic mass is 35.5. The molecule has 0 radical (unpaired) electrons. The van der Waals surface area contributed by atoms with Gasteiger partial charge in [0.1, 0.15) is 5.75 Å². The average Bonchev–Trinajstić information content (AvgIpc) is 2.80. The minimum absolute atomic E-state index is 0.0453. The van der Waals surface area contributed by atoms with Gasteiger partial charge >= 0.3 is 0 Å². The maximum atomic E-state index is 11.7. The number of carbonyl (C=O) groups is 1. The number of carbonyl (C=O) groups excluding carboxylic acids is 1. The van der Waals surface area contributed by atoms with Crippen molar-refractivity contribution < 1.29 is 9.53 Å². The molecular formula is C13H15ClN2O2. The largest absolute Gasteiger partial charge is 0.484 e. The lowest BCUT2D eigenvalue weighted by Gasteiger charge is -2.09. The molecule has 2 N–H and O–H groups in total. The van der Waals surface area contributed by atoms with Crippen molar-refractivity contribution in [3.63, 3.8) is 0 Å². The first-order valence-electron chi connectivity index (χ1n) is 6.12. The molecule has 3 atom stereocenters. The van der Waals surface area contributed by atoms with Gasteiger partial charge in [-0.1, -0.05) is 17.7 Å². The summed E-state index contributed by atoms with van der Waals surface area (Å²) in [4.78, 5) is 11.7. The third-order valence-electron chi connectivity index (χ3n) is 3.59. The van der Waals surface area contributed by atoms with Crippen molar-refractivity contribution in [3.05, 3.63) is 29.3 Å². The van der Waals surface area contributed by atoms with E-state index in [9.17, 15) is 4.79 Å². The third-order valence-corrected chi connectivity index (χ3v) is 3.82. The first-order chi connectivity index (χ1) is 8.74. The van der Waals surface area contributed by atoms with Crippen LogP contribution in [0.5, 0.6) is 5.75 Å². The third kappa shape index (κ3) is 2.44. The lowest BCUT2D eigenvalue weighted by molar-refractivity contribution is -0.123. The number of hydrogen-bond donors (Lipinski definition) is 2. The van der Waals surface area contributed by atoms with Crippen LogP contribution in [-0.4, -0.2) is 31.6 Å². The number of halogens is 1. The predicted molar refractivity (Wildman–Crippen MR) is 68.7 cm³/mol. The maximum absolute atomic E-state index is 11.7. The summed E-state index contributed by atoms with van der Waals surface area (Å²) in [5.41, 5.74) is 0. The highest BCUT2D eigenvalue weighted by Gasteiger charge is 2.53. The van der Waals surface area contributed by atoms with E-state index < -0.39 is 0 Å². The first kappa shape index (κ1) is 11.8. The Labute approximate surface area is 111 Å². The molecule has 1 amide bonds. The molecule has 1 aliphatic carbocycles. The van der Waals surface area contributed by atoms with Gasteiger partial charge in [0.25, 0.3) is 5.91 Å². The SMILES string of the molecule is O=C(COc1cccc(Cl)c1)NC1[C@H]2CNC[C@@H]12. The summed E-state index contributed by atoms with van der Waals surface area (Å²) in [5, 5.41) is 6.90. The fourth-order valence-corrected chi connectivity index (χ4v) is 2.75.